The van der Waals surface area contributed by atoms with Crippen LogP contribution in [0.4, 0.5) is 0 Å². The first-order valence-corrected chi connectivity index (χ1v) is 9.87. The van der Waals surface area contributed by atoms with Gasteiger partial charge in [0.2, 0.25) is 0 Å². The average Bonchev–Trinajstić information content (AvgIpc) is 3.40. The van der Waals surface area contributed by atoms with Crippen LogP contribution in [0.5, 0.6) is 0 Å². The Balaban J connectivity index is 1.50. The summed E-state index contributed by atoms with van der Waals surface area (Å²) in [6.07, 6.45) is 4.78. The van der Waals surface area contributed by atoms with E-state index >= 15 is 0 Å². The number of guanidine groups is 1. The van der Waals surface area contributed by atoms with Gasteiger partial charge in [0.25, 0.3) is 0 Å². The number of nitrogens with one attached hydrogen (secondary N) is 2. The van der Waals surface area contributed by atoms with E-state index in [0.717, 1.165) is 17.5 Å². The number of likely N-dealkylation sites (tertiary alicyclic amines) is 1. The van der Waals surface area contributed by atoms with Crippen molar-refractivity contribution >= 4 is 17.6 Å². The Hall–Kier alpha value is -1.26. The largest absolute Gasteiger partial charge is 0.356 e. The first-order valence-electron chi connectivity index (χ1n) is 9.50. The molecule has 1 saturated carbocycles. The number of nitrogens with zero attached hydrogens (tertiary/aromatic N) is 2. The third-order valence-electron chi connectivity index (χ3n) is 5.71. The Morgan fingerprint density at radius 2 is 2.04 bits per heavy atom. The number of hydrogen-bond acceptors (Lipinski definition) is 2. The predicted molar refractivity (Wildman–Crippen MR) is 107 cm³/mol. The lowest BCUT2D eigenvalue weighted by atomic mass is 9.96. The van der Waals surface area contributed by atoms with Crippen LogP contribution in [0.1, 0.15) is 45.1 Å². The third kappa shape index (κ3) is 4.68. The van der Waals surface area contributed by atoms with E-state index in [9.17, 15) is 0 Å². The van der Waals surface area contributed by atoms with E-state index in [1.807, 2.05) is 19.2 Å². The Labute approximate surface area is 157 Å². The minimum Gasteiger partial charge on any atom is -0.356 e. The van der Waals surface area contributed by atoms with E-state index in [4.69, 9.17) is 11.6 Å². The molecule has 2 aliphatic rings. The molecule has 0 amide bonds. The molecule has 138 valence electrons. The number of halogens is 1. The van der Waals surface area contributed by atoms with Crippen molar-refractivity contribution in [2.75, 3.05) is 26.7 Å². The molecule has 1 heterocycles. The first-order chi connectivity index (χ1) is 12.0. The van der Waals surface area contributed by atoms with E-state index in [0.29, 0.717) is 12.1 Å². The smallest absolute Gasteiger partial charge is 0.191 e. The maximum absolute atomic E-state index is 6.17. The first kappa shape index (κ1) is 18.5. The number of aliphatic imine (C=N–C) groups is 1. The monoisotopic (exact) mass is 362 g/mol. The van der Waals surface area contributed by atoms with Gasteiger partial charge in [-0.1, -0.05) is 23.7 Å². The van der Waals surface area contributed by atoms with Crippen LogP contribution in [0.15, 0.2) is 29.3 Å². The van der Waals surface area contributed by atoms with Gasteiger partial charge in [-0.15, -0.1) is 0 Å². The van der Waals surface area contributed by atoms with Crippen LogP contribution in [-0.2, 0) is 5.41 Å². The summed E-state index contributed by atoms with van der Waals surface area (Å²) >= 11 is 6.17. The van der Waals surface area contributed by atoms with Crippen molar-refractivity contribution in [1.82, 2.24) is 15.5 Å². The molecule has 5 heteroatoms. The molecule has 1 aliphatic heterocycles. The minimum absolute atomic E-state index is 0.226. The lowest BCUT2D eigenvalue weighted by Crippen LogP contribution is -2.50. The van der Waals surface area contributed by atoms with Gasteiger partial charge in [-0.2, -0.15) is 0 Å². The summed E-state index contributed by atoms with van der Waals surface area (Å²) in [5.41, 5.74) is 1.57. The van der Waals surface area contributed by atoms with Crippen LogP contribution in [0.25, 0.3) is 0 Å². The zero-order valence-corrected chi connectivity index (χ0v) is 16.4. The minimum atomic E-state index is 0.226. The van der Waals surface area contributed by atoms with Crippen LogP contribution in [0.3, 0.4) is 0 Å². The van der Waals surface area contributed by atoms with Crippen LogP contribution in [0, 0.1) is 0 Å². The highest BCUT2D eigenvalue weighted by Gasteiger charge is 2.44. The number of hydrogen-bond donors (Lipinski definition) is 2. The summed E-state index contributed by atoms with van der Waals surface area (Å²) in [7, 11) is 1.86. The average molecular weight is 363 g/mol. The highest BCUT2D eigenvalue weighted by molar-refractivity contribution is 6.30. The van der Waals surface area contributed by atoms with Gasteiger partial charge in [0, 0.05) is 49.2 Å². The summed E-state index contributed by atoms with van der Waals surface area (Å²) < 4.78 is 0. The molecule has 3 rings (SSSR count). The van der Waals surface area contributed by atoms with Crippen LogP contribution < -0.4 is 10.6 Å². The zero-order valence-electron chi connectivity index (χ0n) is 15.7. The second kappa shape index (κ2) is 7.96. The van der Waals surface area contributed by atoms with Gasteiger partial charge in [-0.05, 0) is 57.2 Å². The van der Waals surface area contributed by atoms with Crippen molar-refractivity contribution in [2.45, 2.75) is 57.0 Å². The summed E-state index contributed by atoms with van der Waals surface area (Å²) in [6, 6.07) is 9.45. The highest BCUT2D eigenvalue weighted by Crippen LogP contribution is 2.48. The van der Waals surface area contributed by atoms with E-state index < -0.39 is 0 Å². The quantitative estimate of drug-likeness (QED) is 0.623. The van der Waals surface area contributed by atoms with E-state index in [1.165, 1.54) is 44.3 Å². The summed E-state index contributed by atoms with van der Waals surface area (Å²) in [5, 5.41) is 7.99. The number of rotatable bonds is 5. The van der Waals surface area contributed by atoms with Gasteiger partial charge in [0.05, 0.1) is 0 Å². The molecule has 2 N–H and O–H groups in total. The third-order valence-corrected chi connectivity index (χ3v) is 5.94. The Kier molecular flexibility index (Phi) is 5.90. The Bertz CT molecular complexity index is 601. The lowest BCUT2D eigenvalue weighted by Gasteiger charge is -2.35. The number of benzene rings is 1. The van der Waals surface area contributed by atoms with E-state index in [1.54, 1.807) is 0 Å². The Morgan fingerprint density at radius 3 is 2.60 bits per heavy atom. The van der Waals surface area contributed by atoms with Crippen molar-refractivity contribution in [3.8, 4) is 0 Å². The van der Waals surface area contributed by atoms with E-state index in [2.05, 4.69) is 46.5 Å². The molecule has 0 spiro atoms. The summed E-state index contributed by atoms with van der Waals surface area (Å²) in [4.78, 5) is 6.98. The van der Waals surface area contributed by atoms with Crippen molar-refractivity contribution in [3.05, 3.63) is 34.9 Å². The second-order valence-corrected chi connectivity index (χ2v) is 8.20. The number of piperidine rings is 1. The Morgan fingerprint density at radius 1 is 1.32 bits per heavy atom. The molecule has 0 bridgehead atoms. The molecule has 0 radical (unpaired) electrons. The lowest BCUT2D eigenvalue weighted by molar-refractivity contribution is 0.167. The predicted octanol–water partition coefficient (Wildman–Crippen LogP) is 3.41. The van der Waals surface area contributed by atoms with Crippen LogP contribution in [0.2, 0.25) is 5.02 Å². The fourth-order valence-corrected chi connectivity index (χ4v) is 3.93. The van der Waals surface area contributed by atoms with Crippen molar-refractivity contribution in [3.63, 3.8) is 0 Å². The summed E-state index contributed by atoms with van der Waals surface area (Å²) in [6.45, 7) is 7.80. The molecule has 1 aliphatic carbocycles. The molecule has 0 atom stereocenters. The highest BCUT2D eigenvalue weighted by atomic mass is 35.5. The molecular formula is C20H31ClN4. The van der Waals surface area contributed by atoms with Gasteiger partial charge in [0.15, 0.2) is 5.96 Å². The molecule has 1 saturated heterocycles. The molecule has 0 aromatic heterocycles. The van der Waals surface area contributed by atoms with Crippen molar-refractivity contribution in [2.24, 2.45) is 4.99 Å². The van der Waals surface area contributed by atoms with Gasteiger partial charge in [-0.25, -0.2) is 0 Å². The molecular weight excluding hydrogens is 332 g/mol. The molecule has 1 aromatic carbocycles. The normalized spacial score (nSPS) is 21.4. The summed E-state index contributed by atoms with van der Waals surface area (Å²) in [5.74, 6) is 0.927. The maximum Gasteiger partial charge on any atom is 0.191 e. The molecule has 2 fully saturated rings. The molecule has 25 heavy (non-hydrogen) atoms. The zero-order chi connectivity index (χ0) is 17.9. The van der Waals surface area contributed by atoms with Crippen molar-refractivity contribution < 1.29 is 0 Å². The SMILES string of the molecule is CN=C(NCC1(c2cccc(Cl)c2)CC1)NC1CCN(C(C)C)CC1. The fourth-order valence-electron chi connectivity index (χ4n) is 3.74. The van der Waals surface area contributed by atoms with E-state index in [-0.39, 0.29) is 5.41 Å². The topological polar surface area (TPSA) is 39.7 Å². The van der Waals surface area contributed by atoms with Gasteiger partial charge in [0.1, 0.15) is 0 Å². The molecule has 4 nitrogen and oxygen atoms in total. The second-order valence-electron chi connectivity index (χ2n) is 7.76. The van der Waals surface area contributed by atoms with Crippen LogP contribution >= 0.6 is 11.6 Å². The molecule has 0 unspecified atom stereocenters. The van der Waals surface area contributed by atoms with Gasteiger partial charge < -0.3 is 15.5 Å². The van der Waals surface area contributed by atoms with Crippen LogP contribution in [-0.4, -0.2) is 49.6 Å². The fraction of sp³-hybridized carbons (Fsp3) is 0.650. The van der Waals surface area contributed by atoms with Gasteiger partial charge in [-0.3, -0.25) is 4.99 Å². The maximum atomic E-state index is 6.17. The van der Waals surface area contributed by atoms with Crippen molar-refractivity contribution in [1.29, 1.82) is 0 Å². The standard InChI is InChI=1S/C20H31ClN4/c1-15(2)25-11-7-18(8-12-25)24-19(22-3)23-14-20(9-10-20)16-5-4-6-17(21)13-16/h4-6,13,15,18H,7-12,14H2,1-3H3,(H2,22,23,24). The van der Waals surface area contributed by atoms with Gasteiger partial charge >= 0.3 is 0 Å². The molecule has 1 aromatic rings.